The van der Waals surface area contributed by atoms with E-state index in [4.69, 9.17) is 4.42 Å². The smallest absolute Gasteiger partial charge is 0.287 e. The highest BCUT2D eigenvalue weighted by molar-refractivity contribution is 5.96. The Labute approximate surface area is 174 Å². The van der Waals surface area contributed by atoms with E-state index in [0.29, 0.717) is 36.2 Å². The fourth-order valence-electron chi connectivity index (χ4n) is 3.03. The SMILES string of the molecule is Cc1ccc(Nc2cc(C)nc(NCCNC(=O)c3cc4ccccc4o3)n2)cc1. The van der Waals surface area contributed by atoms with Gasteiger partial charge in [-0.2, -0.15) is 4.98 Å². The first-order valence-electron chi connectivity index (χ1n) is 9.77. The van der Waals surface area contributed by atoms with E-state index < -0.39 is 0 Å². The fourth-order valence-corrected chi connectivity index (χ4v) is 3.03. The maximum atomic E-state index is 12.3. The molecular weight excluding hydrogens is 378 g/mol. The summed E-state index contributed by atoms with van der Waals surface area (Å²) < 4.78 is 5.58. The van der Waals surface area contributed by atoms with Crippen molar-refractivity contribution in [3.63, 3.8) is 0 Å². The zero-order valence-corrected chi connectivity index (χ0v) is 16.9. The Morgan fingerprint density at radius 1 is 0.967 bits per heavy atom. The van der Waals surface area contributed by atoms with E-state index in [2.05, 4.69) is 25.9 Å². The Morgan fingerprint density at radius 2 is 1.77 bits per heavy atom. The zero-order chi connectivity index (χ0) is 20.9. The van der Waals surface area contributed by atoms with Crippen LogP contribution in [0.3, 0.4) is 0 Å². The third-order valence-electron chi connectivity index (χ3n) is 4.52. The number of hydrogen-bond acceptors (Lipinski definition) is 6. The number of fused-ring (bicyclic) bond motifs is 1. The van der Waals surface area contributed by atoms with E-state index >= 15 is 0 Å². The van der Waals surface area contributed by atoms with Gasteiger partial charge in [0.2, 0.25) is 5.95 Å². The topological polar surface area (TPSA) is 92.1 Å². The van der Waals surface area contributed by atoms with Crippen molar-refractivity contribution in [1.82, 2.24) is 15.3 Å². The van der Waals surface area contributed by atoms with Crippen LogP contribution in [0.15, 0.2) is 65.1 Å². The molecule has 7 nitrogen and oxygen atoms in total. The standard InChI is InChI=1S/C23H23N5O2/c1-15-7-9-18(10-8-15)27-21-13-16(2)26-23(28-21)25-12-11-24-22(29)20-14-17-5-3-4-6-19(17)30-20/h3-10,13-14H,11-12H2,1-2H3,(H,24,29)(H2,25,26,27,28). The number of aromatic nitrogens is 2. The largest absolute Gasteiger partial charge is 0.451 e. The molecule has 4 aromatic rings. The molecule has 0 bridgehead atoms. The summed E-state index contributed by atoms with van der Waals surface area (Å²) in [6.45, 7) is 4.86. The molecule has 0 saturated heterocycles. The number of benzene rings is 2. The Bertz CT molecular complexity index is 1130. The minimum atomic E-state index is -0.250. The number of hydrogen-bond donors (Lipinski definition) is 3. The number of rotatable bonds is 7. The van der Waals surface area contributed by atoms with Crippen LogP contribution in [0.25, 0.3) is 11.0 Å². The number of carbonyl (C=O) groups excluding carboxylic acids is 1. The number of para-hydroxylation sites is 1. The van der Waals surface area contributed by atoms with Crippen molar-refractivity contribution >= 4 is 34.3 Å². The van der Waals surface area contributed by atoms with Crippen LogP contribution >= 0.6 is 0 Å². The van der Waals surface area contributed by atoms with Crippen LogP contribution in [-0.4, -0.2) is 29.0 Å². The molecule has 3 N–H and O–H groups in total. The molecule has 152 valence electrons. The van der Waals surface area contributed by atoms with Crippen molar-refractivity contribution in [2.75, 3.05) is 23.7 Å². The second kappa shape index (κ2) is 8.65. The van der Waals surface area contributed by atoms with Crippen LogP contribution in [-0.2, 0) is 0 Å². The molecule has 0 radical (unpaired) electrons. The molecule has 0 aliphatic carbocycles. The Morgan fingerprint density at radius 3 is 2.57 bits per heavy atom. The molecule has 2 heterocycles. The van der Waals surface area contributed by atoms with Gasteiger partial charge in [-0.3, -0.25) is 4.79 Å². The number of carbonyl (C=O) groups is 1. The number of aryl methyl sites for hydroxylation is 2. The molecule has 0 aliphatic rings. The summed E-state index contributed by atoms with van der Waals surface area (Å²) in [5, 5.41) is 10.2. The van der Waals surface area contributed by atoms with E-state index in [1.807, 2.05) is 68.4 Å². The molecule has 2 aromatic heterocycles. The van der Waals surface area contributed by atoms with Gasteiger partial charge in [0.1, 0.15) is 11.4 Å². The van der Waals surface area contributed by atoms with Crippen LogP contribution < -0.4 is 16.0 Å². The first kappa shape index (κ1) is 19.4. The third kappa shape index (κ3) is 4.75. The van der Waals surface area contributed by atoms with Crippen LogP contribution in [0.5, 0.6) is 0 Å². The van der Waals surface area contributed by atoms with Crippen LogP contribution in [0, 0.1) is 13.8 Å². The molecule has 2 aromatic carbocycles. The molecular formula is C23H23N5O2. The lowest BCUT2D eigenvalue weighted by Crippen LogP contribution is -2.28. The lowest BCUT2D eigenvalue weighted by molar-refractivity contribution is 0.0929. The second-order valence-corrected chi connectivity index (χ2v) is 7.04. The molecule has 4 rings (SSSR count). The highest BCUT2D eigenvalue weighted by atomic mass is 16.3. The molecule has 1 amide bonds. The zero-order valence-electron chi connectivity index (χ0n) is 16.9. The summed E-state index contributed by atoms with van der Waals surface area (Å²) in [5.41, 5.74) is 3.70. The number of furan rings is 1. The van der Waals surface area contributed by atoms with Gasteiger partial charge in [0, 0.05) is 35.9 Å². The molecule has 0 spiro atoms. The van der Waals surface area contributed by atoms with Crippen molar-refractivity contribution in [2.45, 2.75) is 13.8 Å². The summed E-state index contributed by atoms with van der Waals surface area (Å²) in [6, 6.07) is 19.3. The van der Waals surface area contributed by atoms with Crippen molar-refractivity contribution in [2.24, 2.45) is 0 Å². The average molecular weight is 401 g/mol. The maximum absolute atomic E-state index is 12.3. The van der Waals surface area contributed by atoms with Crippen molar-refractivity contribution in [3.8, 4) is 0 Å². The quantitative estimate of drug-likeness (QED) is 0.397. The lowest BCUT2D eigenvalue weighted by atomic mass is 10.2. The summed E-state index contributed by atoms with van der Waals surface area (Å²) in [6.07, 6.45) is 0. The van der Waals surface area contributed by atoms with Gasteiger partial charge in [-0.15, -0.1) is 0 Å². The van der Waals surface area contributed by atoms with Crippen molar-refractivity contribution in [1.29, 1.82) is 0 Å². The molecule has 0 aliphatic heterocycles. The van der Waals surface area contributed by atoms with E-state index in [0.717, 1.165) is 16.8 Å². The molecule has 0 atom stereocenters. The minimum Gasteiger partial charge on any atom is -0.451 e. The molecule has 0 saturated carbocycles. The lowest BCUT2D eigenvalue weighted by Gasteiger charge is -2.10. The summed E-state index contributed by atoms with van der Waals surface area (Å²) in [5.74, 6) is 1.26. The average Bonchev–Trinajstić information content (AvgIpc) is 3.17. The van der Waals surface area contributed by atoms with E-state index in [1.54, 1.807) is 6.07 Å². The second-order valence-electron chi connectivity index (χ2n) is 7.04. The Hall–Kier alpha value is -3.87. The van der Waals surface area contributed by atoms with Gasteiger partial charge >= 0.3 is 0 Å². The predicted molar refractivity (Wildman–Crippen MR) is 118 cm³/mol. The van der Waals surface area contributed by atoms with E-state index in [-0.39, 0.29) is 5.91 Å². The Kier molecular flexibility index (Phi) is 5.61. The normalized spacial score (nSPS) is 10.7. The van der Waals surface area contributed by atoms with Gasteiger partial charge < -0.3 is 20.4 Å². The monoisotopic (exact) mass is 401 g/mol. The van der Waals surface area contributed by atoms with Gasteiger partial charge in [-0.1, -0.05) is 35.9 Å². The number of nitrogens with zero attached hydrogens (tertiary/aromatic N) is 2. The number of anilines is 3. The van der Waals surface area contributed by atoms with Gasteiger partial charge in [0.25, 0.3) is 5.91 Å². The van der Waals surface area contributed by atoms with E-state index in [9.17, 15) is 4.79 Å². The Balaban J connectivity index is 1.31. The molecule has 0 fully saturated rings. The fraction of sp³-hybridized carbons (Fsp3) is 0.174. The highest BCUT2D eigenvalue weighted by Crippen LogP contribution is 2.19. The third-order valence-corrected chi connectivity index (χ3v) is 4.52. The molecule has 0 unspecified atom stereocenters. The maximum Gasteiger partial charge on any atom is 0.287 e. The minimum absolute atomic E-state index is 0.250. The van der Waals surface area contributed by atoms with Crippen molar-refractivity contribution in [3.05, 3.63) is 77.7 Å². The summed E-state index contributed by atoms with van der Waals surface area (Å²) in [4.78, 5) is 21.2. The first-order chi connectivity index (χ1) is 14.6. The van der Waals surface area contributed by atoms with Gasteiger partial charge in [0.05, 0.1) is 0 Å². The number of amides is 1. The predicted octanol–water partition coefficient (Wildman–Crippen LogP) is 4.43. The van der Waals surface area contributed by atoms with Gasteiger partial charge in [-0.05, 0) is 38.1 Å². The van der Waals surface area contributed by atoms with Crippen molar-refractivity contribution < 1.29 is 9.21 Å². The van der Waals surface area contributed by atoms with Crippen LogP contribution in [0.1, 0.15) is 21.8 Å². The summed E-state index contributed by atoms with van der Waals surface area (Å²) in [7, 11) is 0. The first-order valence-corrected chi connectivity index (χ1v) is 9.77. The van der Waals surface area contributed by atoms with Crippen LogP contribution in [0.2, 0.25) is 0 Å². The van der Waals surface area contributed by atoms with Crippen LogP contribution in [0.4, 0.5) is 17.5 Å². The molecule has 7 heteroatoms. The highest BCUT2D eigenvalue weighted by Gasteiger charge is 2.11. The summed E-state index contributed by atoms with van der Waals surface area (Å²) >= 11 is 0. The van der Waals surface area contributed by atoms with Gasteiger partial charge in [-0.25, -0.2) is 4.98 Å². The number of nitrogens with one attached hydrogen (secondary N) is 3. The van der Waals surface area contributed by atoms with Gasteiger partial charge in [0.15, 0.2) is 5.76 Å². The molecule has 30 heavy (non-hydrogen) atoms. The van der Waals surface area contributed by atoms with E-state index in [1.165, 1.54) is 5.56 Å².